The molecule has 1 atom stereocenters. The number of carbonyl (C=O) groups excluding carboxylic acids is 1. The minimum atomic E-state index is -1.10. The summed E-state index contributed by atoms with van der Waals surface area (Å²) in [5.74, 6) is -1.78. The van der Waals surface area contributed by atoms with Crippen molar-refractivity contribution in [1.82, 2.24) is 5.32 Å². The second-order valence-electron chi connectivity index (χ2n) is 5.95. The third-order valence-electron chi connectivity index (χ3n) is 3.44. The Kier molecular flexibility index (Phi) is 7.75. The first-order chi connectivity index (χ1) is 12.7. The summed E-state index contributed by atoms with van der Waals surface area (Å²) in [6.45, 7) is 3.69. The van der Waals surface area contributed by atoms with Crippen molar-refractivity contribution in [3.05, 3.63) is 40.1 Å². The molecule has 1 aromatic rings. The molecule has 1 amide bonds. The van der Waals surface area contributed by atoms with Gasteiger partial charge in [0.25, 0.3) is 11.6 Å². The molecule has 1 aromatic carbocycles. The number of carboxylic acids is 1. The second-order valence-corrected chi connectivity index (χ2v) is 5.95. The van der Waals surface area contributed by atoms with Crippen LogP contribution in [0.2, 0.25) is 0 Å². The Hall–Kier alpha value is -3.61. The Morgan fingerprint density at radius 3 is 2.59 bits per heavy atom. The molecule has 0 aliphatic rings. The Morgan fingerprint density at radius 1 is 1.44 bits per heavy atom. The van der Waals surface area contributed by atoms with Crippen LogP contribution in [0.25, 0.3) is 0 Å². The third-order valence-corrected chi connectivity index (χ3v) is 3.44. The number of nitriles is 1. The van der Waals surface area contributed by atoms with E-state index in [1.165, 1.54) is 19.2 Å². The number of nitro benzene ring substituents is 1. The number of non-ortho nitro benzene ring substituents is 1. The molecule has 1 rings (SSSR count). The summed E-state index contributed by atoms with van der Waals surface area (Å²) in [5.41, 5.74) is -0.447. The number of nitrogens with zero attached hydrogens (tertiary/aromatic N) is 2. The van der Waals surface area contributed by atoms with Gasteiger partial charge in [0.15, 0.2) is 0 Å². The molecule has 144 valence electrons. The van der Waals surface area contributed by atoms with Crippen molar-refractivity contribution in [2.24, 2.45) is 5.92 Å². The zero-order valence-corrected chi connectivity index (χ0v) is 15.1. The fourth-order valence-corrected chi connectivity index (χ4v) is 2.13. The number of aliphatic carboxylic acids is 1. The van der Waals surface area contributed by atoms with Gasteiger partial charge in [0.1, 0.15) is 23.4 Å². The van der Waals surface area contributed by atoms with E-state index in [2.05, 4.69) is 10.6 Å². The number of nitrogens with one attached hydrogen (secondary N) is 2. The highest BCUT2D eigenvalue weighted by Gasteiger charge is 2.19. The molecule has 10 nitrogen and oxygen atoms in total. The monoisotopic (exact) mass is 376 g/mol. The number of anilines is 1. The van der Waals surface area contributed by atoms with Gasteiger partial charge in [0.05, 0.1) is 23.8 Å². The first kappa shape index (κ1) is 21.4. The molecule has 0 saturated carbocycles. The van der Waals surface area contributed by atoms with Crippen molar-refractivity contribution < 1.29 is 24.4 Å². The van der Waals surface area contributed by atoms with Crippen LogP contribution < -0.4 is 15.4 Å². The van der Waals surface area contributed by atoms with E-state index >= 15 is 0 Å². The van der Waals surface area contributed by atoms with Crippen LogP contribution in [0.3, 0.4) is 0 Å². The number of hydrogen-bond acceptors (Lipinski definition) is 7. The summed E-state index contributed by atoms with van der Waals surface area (Å²) in [7, 11) is 1.28. The van der Waals surface area contributed by atoms with E-state index in [-0.39, 0.29) is 28.6 Å². The molecule has 0 spiro atoms. The van der Waals surface area contributed by atoms with Crippen molar-refractivity contribution in [3.8, 4) is 11.8 Å². The minimum absolute atomic E-state index is 0.0472. The predicted molar refractivity (Wildman–Crippen MR) is 96.0 cm³/mol. The standard InChI is InChI=1S/C17H20N4O6/c1-10(2)6-14(17(23)24)19-9-11(8-18)16(22)20-13-5-4-12(21(25)26)7-15(13)27-3/h4-5,7,9-10,14,19H,6H2,1-3H3,(H,20,22)(H,23,24)/b11-9-. The van der Waals surface area contributed by atoms with Crippen LogP contribution in [0.4, 0.5) is 11.4 Å². The summed E-state index contributed by atoms with van der Waals surface area (Å²) in [6.07, 6.45) is 1.34. The number of methoxy groups -OCH3 is 1. The second kappa shape index (κ2) is 9.76. The summed E-state index contributed by atoms with van der Waals surface area (Å²) in [5, 5.41) is 34.1. The van der Waals surface area contributed by atoms with Gasteiger partial charge in [-0.2, -0.15) is 5.26 Å². The van der Waals surface area contributed by atoms with Gasteiger partial charge in [0.2, 0.25) is 0 Å². The van der Waals surface area contributed by atoms with Gasteiger partial charge in [-0.3, -0.25) is 14.9 Å². The lowest BCUT2D eigenvalue weighted by atomic mass is 10.0. The van der Waals surface area contributed by atoms with Crippen molar-refractivity contribution in [1.29, 1.82) is 5.26 Å². The van der Waals surface area contributed by atoms with Crippen LogP contribution in [0.15, 0.2) is 30.0 Å². The Balaban J connectivity index is 2.97. The van der Waals surface area contributed by atoms with Crippen LogP contribution in [-0.4, -0.2) is 35.1 Å². The van der Waals surface area contributed by atoms with E-state index in [1.54, 1.807) is 6.07 Å². The lowest BCUT2D eigenvalue weighted by Crippen LogP contribution is -2.35. The number of ether oxygens (including phenoxy) is 1. The highest BCUT2D eigenvalue weighted by molar-refractivity contribution is 6.07. The van der Waals surface area contributed by atoms with Gasteiger partial charge in [0, 0.05) is 12.3 Å². The SMILES string of the molecule is COc1cc([N+](=O)[O-])ccc1NC(=O)/C(C#N)=C\NC(CC(C)C)C(=O)O. The summed E-state index contributed by atoms with van der Waals surface area (Å²) in [6, 6.07) is 4.31. The van der Waals surface area contributed by atoms with Crippen LogP contribution in [-0.2, 0) is 9.59 Å². The number of carbonyl (C=O) groups is 2. The Morgan fingerprint density at radius 2 is 2.11 bits per heavy atom. The maximum Gasteiger partial charge on any atom is 0.326 e. The largest absolute Gasteiger partial charge is 0.494 e. The maximum atomic E-state index is 12.3. The predicted octanol–water partition coefficient (Wildman–Crippen LogP) is 2.04. The van der Waals surface area contributed by atoms with E-state index < -0.39 is 22.8 Å². The Labute approximate surface area is 155 Å². The minimum Gasteiger partial charge on any atom is -0.494 e. The maximum absolute atomic E-state index is 12.3. The van der Waals surface area contributed by atoms with E-state index in [1.807, 2.05) is 13.8 Å². The fourth-order valence-electron chi connectivity index (χ4n) is 2.13. The lowest BCUT2D eigenvalue weighted by Gasteiger charge is -2.15. The molecule has 10 heteroatoms. The molecular formula is C17H20N4O6. The first-order valence-corrected chi connectivity index (χ1v) is 7.92. The number of benzene rings is 1. The van der Waals surface area contributed by atoms with Crippen LogP contribution in [0.5, 0.6) is 5.75 Å². The smallest absolute Gasteiger partial charge is 0.326 e. The quantitative estimate of drug-likeness (QED) is 0.256. The number of carboxylic acid groups (broad SMARTS) is 1. The lowest BCUT2D eigenvalue weighted by molar-refractivity contribution is -0.384. The van der Waals surface area contributed by atoms with Crippen LogP contribution in [0, 0.1) is 27.4 Å². The number of nitro groups is 1. The topological polar surface area (TPSA) is 155 Å². The third kappa shape index (κ3) is 6.32. The molecule has 0 radical (unpaired) electrons. The summed E-state index contributed by atoms with van der Waals surface area (Å²) in [4.78, 5) is 33.7. The van der Waals surface area contributed by atoms with Crippen molar-refractivity contribution in [2.45, 2.75) is 26.3 Å². The molecule has 1 unspecified atom stereocenters. The van der Waals surface area contributed by atoms with E-state index in [0.717, 1.165) is 12.3 Å². The van der Waals surface area contributed by atoms with E-state index in [4.69, 9.17) is 10.00 Å². The van der Waals surface area contributed by atoms with E-state index in [0.29, 0.717) is 6.42 Å². The zero-order chi connectivity index (χ0) is 20.6. The molecule has 0 aliphatic carbocycles. The van der Waals surface area contributed by atoms with Gasteiger partial charge < -0.3 is 20.5 Å². The van der Waals surface area contributed by atoms with Gasteiger partial charge in [-0.1, -0.05) is 13.8 Å². The van der Waals surface area contributed by atoms with E-state index in [9.17, 15) is 24.8 Å². The summed E-state index contributed by atoms with van der Waals surface area (Å²) < 4.78 is 5.01. The van der Waals surface area contributed by atoms with Gasteiger partial charge in [-0.25, -0.2) is 4.79 Å². The molecule has 0 aliphatic heterocycles. The fraction of sp³-hybridized carbons (Fsp3) is 0.353. The molecule has 0 saturated heterocycles. The van der Waals surface area contributed by atoms with Gasteiger partial charge in [-0.05, 0) is 18.4 Å². The highest BCUT2D eigenvalue weighted by atomic mass is 16.6. The van der Waals surface area contributed by atoms with Crippen LogP contribution >= 0.6 is 0 Å². The average Bonchev–Trinajstić information content (AvgIpc) is 2.60. The molecule has 0 heterocycles. The zero-order valence-electron chi connectivity index (χ0n) is 15.1. The molecule has 27 heavy (non-hydrogen) atoms. The Bertz CT molecular complexity index is 797. The highest BCUT2D eigenvalue weighted by Crippen LogP contribution is 2.29. The normalized spacial score (nSPS) is 12.0. The van der Waals surface area contributed by atoms with Crippen molar-refractivity contribution in [2.75, 3.05) is 12.4 Å². The molecule has 0 bridgehead atoms. The first-order valence-electron chi connectivity index (χ1n) is 7.92. The average molecular weight is 376 g/mol. The number of hydrogen-bond donors (Lipinski definition) is 3. The number of rotatable bonds is 9. The molecule has 3 N–H and O–H groups in total. The van der Waals surface area contributed by atoms with Gasteiger partial charge in [-0.15, -0.1) is 0 Å². The van der Waals surface area contributed by atoms with Crippen LogP contribution in [0.1, 0.15) is 20.3 Å². The van der Waals surface area contributed by atoms with Crippen molar-refractivity contribution in [3.63, 3.8) is 0 Å². The molecular weight excluding hydrogens is 356 g/mol. The summed E-state index contributed by atoms with van der Waals surface area (Å²) >= 11 is 0. The molecule has 0 aromatic heterocycles. The number of amides is 1. The van der Waals surface area contributed by atoms with Crippen molar-refractivity contribution >= 4 is 23.3 Å². The molecule has 0 fully saturated rings. The van der Waals surface area contributed by atoms with Gasteiger partial charge >= 0.3 is 5.97 Å².